The number of thiocarbonyl (C=S) groups is 1. The largest absolute Gasteiger partial charge is 0.492 e. The molecule has 8 nitrogen and oxygen atoms in total. The first kappa shape index (κ1) is 23.7. The maximum Gasteiger partial charge on any atom is 0.267 e. The summed E-state index contributed by atoms with van der Waals surface area (Å²) in [6.45, 7) is 5.92. The molecule has 0 aliphatic heterocycles. The van der Waals surface area contributed by atoms with Gasteiger partial charge in [0, 0.05) is 7.05 Å². The third kappa shape index (κ3) is 6.20. The van der Waals surface area contributed by atoms with Gasteiger partial charge in [-0.25, -0.2) is 8.42 Å². The van der Waals surface area contributed by atoms with Crippen molar-refractivity contribution in [2.24, 2.45) is 0 Å². The Bertz CT molecular complexity index is 986. The molecule has 1 heterocycles. The van der Waals surface area contributed by atoms with Crippen molar-refractivity contribution in [3.8, 4) is 5.75 Å². The Kier molecular flexibility index (Phi) is 7.85. The van der Waals surface area contributed by atoms with Crippen LogP contribution in [0.25, 0.3) is 0 Å². The van der Waals surface area contributed by atoms with Crippen LogP contribution >= 0.6 is 12.2 Å². The minimum absolute atomic E-state index is 0.0167. The third-order valence-corrected chi connectivity index (χ3v) is 5.97. The fourth-order valence-corrected chi connectivity index (χ4v) is 4.19. The van der Waals surface area contributed by atoms with Gasteiger partial charge >= 0.3 is 0 Å². The quantitative estimate of drug-likeness (QED) is 0.500. The maximum absolute atomic E-state index is 12.8. The van der Waals surface area contributed by atoms with Crippen LogP contribution in [0.5, 0.6) is 5.75 Å². The third-order valence-electron chi connectivity index (χ3n) is 4.17. The lowest BCUT2D eigenvalue weighted by Gasteiger charge is -2.24. The molecule has 0 aliphatic rings. The second-order valence-corrected chi connectivity index (χ2v) is 9.20. The van der Waals surface area contributed by atoms with Crippen molar-refractivity contribution < 1.29 is 22.4 Å². The Morgan fingerprint density at radius 1 is 1.27 bits per heavy atom. The molecule has 0 atom stereocenters. The minimum atomic E-state index is -3.99. The number of carbonyl (C=O) groups is 1. The number of ether oxygens (including phenoxy) is 1. The van der Waals surface area contributed by atoms with Crippen LogP contribution in [0.3, 0.4) is 0 Å². The van der Waals surface area contributed by atoms with Gasteiger partial charge in [-0.3, -0.25) is 9.52 Å². The van der Waals surface area contributed by atoms with E-state index in [0.29, 0.717) is 24.4 Å². The summed E-state index contributed by atoms with van der Waals surface area (Å²) in [6.07, 6.45) is 2.24. The number of rotatable bonds is 9. The Labute approximate surface area is 182 Å². The topological polar surface area (TPSA) is 110 Å². The first-order valence-electron chi connectivity index (χ1n) is 9.44. The molecule has 0 unspecified atom stereocenters. The van der Waals surface area contributed by atoms with E-state index in [2.05, 4.69) is 15.4 Å². The summed E-state index contributed by atoms with van der Waals surface area (Å²) >= 11 is 4.92. The summed E-state index contributed by atoms with van der Waals surface area (Å²) in [5.41, 5.74) is -0.192. The summed E-state index contributed by atoms with van der Waals surface area (Å²) in [6, 6.07) is 8.16. The first-order chi connectivity index (χ1) is 14.1. The van der Waals surface area contributed by atoms with Crippen LogP contribution in [0.4, 0.5) is 0 Å². The molecular weight excluding hydrogens is 426 g/mol. The van der Waals surface area contributed by atoms with E-state index in [0.717, 1.165) is 0 Å². The van der Waals surface area contributed by atoms with Crippen LogP contribution in [0.1, 0.15) is 38.5 Å². The van der Waals surface area contributed by atoms with E-state index in [1.54, 1.807) is 24.3 Å². The van der Waals surface area contributed by atoms with Crippen molar-refractivity contribution in [2.75, 3.05) is 13.7 Å². The highest BCUT2D eigenvalue weighted by Gasteiger charge is 2.26. The van der Waals surface area contributed by atoms with Gasteiger partial charge in [-0.15, -0.1) is 0 Å². The lowest BCUT2D eigenvalue weighted by atomic mass is 10.0. The van der Waals surface area contributed by atoms with Gasteiger partial charge in [-0.05, 0) is 62.3 Å². The normalized spacial score (nSPS) is 11.6. The Balaban J connectivity index is 2.26. The lowest BCUT2D eigenvalue weighted by Crippen LogP contribution is -2.41. The lowest BCUT2D eigenvalue weighted by molar-refractivity contribution is -0.122. The molecule has 0 saturated heterocycles. The Hall–Kier alpha value is -2.59. The van der Waals surface area contributed by atoms with Crippen LogP contribution in [0, 0.1) is 0 Å². The zero-order valence-corrected chi connectivity index (χ0v) is 19.1. The van der Waals surface area contributed by atoms with Gasteiger partial charge in [0.15, 0.2) is 5.11 Å². The molecule has 0 saturated carbocycles. The number of amides is 1. The smallest absolute Gasteiger partial charge is 0.267 e. The molecular formula is C20H27N3O5S2. The van der Waals surface area contributed by atoms with E-state index in [-0.39, 0.29) is 28.1 Å². The van der Waals surface area contributed by atoms with Crippen LogP contribution < -0.4 is 20.1 Å². The fourth-order valence-electron chi connectivity index (χ4n) is 2.71. The van der Waals surface area contributed by atoms with Gasteiger partial charge in [-0.2, -0.15) is 0 Å². The van der Waals surface area contributed by atoms with E-state index in [1.807, 2.05) is 20.8 Å². The monoisotopic (exact) mass is 453 g/mol. The van der Waals surface area contributed by atoms with E-state index in [9.17, 15) is 13.2 Å². The molecule has 1 amide bonds. The van der Waals surface area contributed by atoms with Gasteiger partial charge in [0.05, 0.1) is 24.8 Å². The second-order valence-electron chi connectivity index (χ2n) is 7.14. The summed E-state index contributed by atoms with van der Waals surface area (Å²) in [4.78, 5) is 12.5. The number of hydrogen-bond donors (Lipinski definition) is 3. The number of hydrogen-bond acceptors (Lipinski definition) is 6. The highest BCUT2D eigenvalue weighted by molar-refractivity contribution is 7.92. The van der Waals surface area contributed by atoms with Crippen molar-refractivity contribution in [1.82, 2.24) is 15.4 Å². The summed E-state index contributed by atoms with van der Waals surface area (Å²) in [7, 11) is -2.47. The van der Waals surface area contributed by atoms with E-state index < -0.39 is 15.6 Å². The molecule has 2 aromatic rings. The summed E-state index contributed by atoms with van der Waals surface area (Å²) in [5, 5.41) is 5.42. The van der Waals surface area contributed by atoms with Crippen molar-refractivity contribution in [2.45, 2.75) is 44.0 Å². The number of furan rings is 1. The SMILES string of the molecule is CCCOc1ccc(CC(=O)NC(C)(C)c2ccco2)cc1S(=O)(=O)NC(=S)NC. The highest BCUT2D eigenvalue weighted by atomic mass is 32.2. The number of carbonyl (C=O) groups excluding carboxylic acids is 1. The highest BCUT2D eigenvalue weighted by Crippen LogP contribution is 2.26. The number of nitrogens with one attached hydrogen (secondary N) is 3. The van der Waals surface area contributed by atoms with Gasteiger partial charge in [0.2, 0.25) is 5.91 Å². The molecule has 0 bridgehead atoms. The average molecular weight is 454 g/mol. The molecule has 164 valence electrons. The molecule has 3 N–H and O–H groups in total. The molecule has 2 rings (SSSR count). The number of sulfonamides is 1. The number of benzene rings is 1. The van der Waals surface area contributed by atoms with Gasteiger partial charge in [-0.1, -0.05) is 13.0 Å². The molecule has 0 radical (unpaired) electrons. The summed E-state index contributed by atoms with van der Waals surface area (Å²) in [5.74, 6) is 0.538. The molecule has 10 heteroatoms. The first-order valence-corrected chi connectivity index (χ1v) is 11.3. The van der Waals surface area contributed by atoms with Gasteiger partial charge in [0.25, 0.3) is 10.0 Å². The zero-order valence-electron chi connectivity index (χ0n) is 17.4. The molecule has 1 aromatic heterocycles. The Morgan fingerprint density at radius 3 is 2.60 bits per heavy atom. The predicted molar refractivity (Wildman–Crippen MR) is 118 cm³/mol. The Morgan fingerprint density at radius 2 is 2.00 bits per heavy atom. The van der Waals surface area contributed by atoms with Crippen LogP contribution in [0.2, 0.25) is 0 Å². The van der Waals surface area contributed by atoms with Crippen molar-refractivity contribution in [3.63, 3.8) is 0 Å². The van der Waals surface area contributed by atoms with Gasteiger partial charge < -0.3 is 19.8 Å². The molecule has 0 fully saturated rings. The second kappa shape index (κ2) is 9.94. The van der Waals surface area contributed by atoms with Crippen LogP contribution in [-0.2, 0) is 26.8 Å². The zero-order chi connectivity index (χ0) is 22.4. The average Bonchev–Trinajstić information content (AvgIpc) is 3.22. The predicted octanol–water partition coefficient (Wildman–Crippen LogP) is 2.45. The van der Waals surface area contributed by atoms with E-state index in [1.165, 1.54) is 19.4 Å². The molecule has 0 aliphatic carbocycles. The standard InChI is InChI=1S/C20H27N3O5S2/c1-5-10-27-15-9-8-14(12-16(15)30(25,26)23-19(29)21-4)13-18(24)22-20(2,3)17-7-6-11-28-17/h6-9,11-12H,5,10,13H2,1-4H3,(H,22,24)(H2,21,23,29). The summed E-state index contributed by atoms with van der Waals surface area (Å²) < 4.78 is 38.8. The van der Waals surface area contributed by atoms with Crippen LogP contribution in [-0.4, -0.2) is 33.1 Å². The van der Waals surface area contributed by atoms with Crippen molar-refractivity contribution in [1.29, 1.82) is 0 Å². The van der Waals surface area contributed by atoms with Crippen LogP contribution in [0.15, 0.2) is 45.9 Å². The van der Waals surface area contributed by atoms with Crippen molar-refractivity contribution >= 4 is 33.3 Å². The minimum Gasteiger partial charge on any atom is -0.492 e. The molecule has 1 aromatic carbocycles. The molecule has 30 heavy (non-hydrogen) atoms. The van der Waals surface area contributed by atoms with E-state index >= 15 is 0 Å². The van der Waals surface area contributed by atoms with Crippen molar-refractivity contribution in [3.05, 3.63) is 47.9 Å². The fraction of sp³-hybridized carbons (Fsp3) is 0.400. The van der Waals surface area contributed by atoms with Gasteiger partial charge in [0.1, 0.15) is 16.4 Å². The molecule has 0 spiro atoms. The van der Waals surface area contributed by atoms with E-state index in [4.69, 9.17) is 21.4 Å². The maximum atomic E-state index is 12.8.